The summed E-state index contributed by atoms with van der Waals surface area (Å²) in [5, 5.41) is 0.650. The molecule has 1 saturated heterocycles. The van der Waals surface area contributed by atoms with Gasteiger partial charge in [0, 0.05) is 29.6 Å². The molecule has 1 fully saturated rings. The number of amides is 1. The number of alkyl halides is 1. The van der Waals surface area contributed by atoms with Crippen molar-refractivity contribution in [1.29, 1.82) is 0 Å². The molecule has 4 heteroatoms. The lowest BCUT2D eigenvalue weighted by molar-refractivity contribution is 0.0788. The van der Waals surface area contributed by atoms with E-state index in [0.717, 1.165) is 19.5 Å². The number of rotatable bonds is 2. The van der Waals surface area contributed by atoms with Crippen molar-refractivity contribution in [1.82, 2.24) is 4.90 Å². The summed E-state index contributed by atoms with van der Waals surface area (Å²) in [5.74, 6) is 1.15. The number of carbonyl (C=O) groups excluding carboxylic acids is 1. The molecule has 0 aromatic heterocycles. The van der Waals surface area contributed by atoms with Crippen LogP contribution in [-0.2, 0) is 0 Å². The molecular formula is C12H13Cl2NO. The van der Waals surface area contributed by atoms with E-state index in [1.54, 1.807) is 24.3 Å². The summed E-state index contributed by atoms with van der Waals surface area (Å²) >= 11 is 11.6. The highest BCUT2D eigenvalue weighted by Crippen LogP contribution is 2.20. The van der Waals surface area contributed by atoms with Gasteiger partial charge in [0.25, 0.3) is 5.91 Å². The number of hydrogen-bond acceptors (Lipinski definition) is 1. The van der Waals surface area contributed by atoms with Crippen LogP contribution in [0.2, 0.25) is 5.02 Å². The van der Waals surface area contributed by atoms with Crippen LogP contribution in [-0.4, -0.2) is 29.8 Å². The second-order valence-electron chi connectivity index (χ2n) is 4.07. The van der Waals surface area contributed by atoms with Gasteiger partial charge < -0.3 is 4.90 Å². The fourth-order valence-corrected chi connectivity index (χ4v) is 2.30. The molecule has 1 atom stereocenters. The molecule has 16 heavy (non-hydrogen) atoms. The van der Waals surface area contributed by atoms with Crippen molar-refractivity contribution in [3.05, 3.63) is 34.9 Å². The average molecular weight is 258 g/mol. The second-order valence-corrected chi connectivity index (χ2v) is 4.81. The molecule has 0 spiro atoms. The average Bonchev–Trinajstić information content (AvgIpc) is 2.77. The highest BCUT2D eigenvalue weighted by atomic mass is 35.5. The molecule has 2 nitrogen and oxygen atoms in total. The van der Waals surface area contributed by atoms with Crippen molar-refractivity contribution in [3.8, 4) is 0 Å². The normalized spacial score (nSPS) is 20.1. The summed E-state index contributed by atoms with van der Waals surface area (Å²) in [6, 6.07) is 7.01. The van der Waals surface area contributed by atoms with Crippen LogP contribution in [0.3, 0.4) is 0 Å². The van der Waals surface area contributed by atoms with Crippen molar-refractivity contribution >= 4 is 29.1 Å². The number of nitrogens with zero attached hydrogens (tertiary/aromatic N) is 1. The Morgan fingerprint density at radius 3 is 2.62 bits per heavy atom. The minimum atomic E-state index is 0.0734. The minimum absolute atomic E-state index is 0.0734. The highest BCUT2D eigenvalue weighted by molar-refractivity contribution is 6.30. The zero-order valence-electron chi connectivity index (χ0n) is 8.83. The molecule has 1 aromatic rings. The number of benzene rings is 1. The van der Waals surface area contributed by atoms with Gasteiger partial charge in [-0.15, -0.1) is 11.6 Å². The molecule has 1 heterocycles. The quantitative estimate of drug-likeness (QED) is 0.746. The fourth-order valence-electron chi connectivity index (χ4n) is 1.92. The van der Waals surface area contributed by atoms with Crippen molar-refractivity contribution in [3.63, 3.8) is 0 Å². The molecule has 1 aliphatic heterocycles. The van der Waals surface area contributed by atoms with Crippen LogP contribution in [0.5, 0.6) is 0 Å². The molecule has 86 valence electrons. The first-order valence-electron chi connectivity index (χ1n) is 5.31. The summed E-state index contributed by atoms with van der Waals surface area (Å²) < 4.78 is 0. The molecule has 2 rings (SSSR count). The van der Waals surface area contributed by atoms with E-state index in [2.05, 4.69) is 0 Å². The van der Waals surface area contributed by atoms with Crippen molar-refractivity contribution in [2.24, 2.45) is 5.92 Å². The Morgan fingerprint density at radius 1 is 1.38 bits per heavy atom. The van der Waals surface area contributed by atoms with Crippen LogP contribution < -0.4 is 0 Å². The molecule has 0 aliphatic carbocycles. The second kappa shape index (κ2) is 5.07. The van der Waals surface area contributed by atoms with Crippen LogP contribution in [0.25, 0.3) is 0 Å². The highest BCUT2D eigenvalue weighted by Gasteiger charge is 2.26. The van der Waals surface area contributed by atoms with Gasteiger partial charge in [0.05, 0.1) is 0 Å². The Labute approximate surface area is 105 Å². The van der Waals surface area contributed by atoms with Crippen LogP contribution in [0.4, 0.5) is 0 Å². The van der Waals surface area contributed by atoms with Crippen molar-refractivity contribution < 1.29 is 4.79 Å². The molecule has 0 N–H and O–H groups in total. The van der Waals surface area contributed by atoms with E-state index < -0.39 is 0 Å². The van der Waals surface area contributed by atoms with Gasteiger partial charge in [-0.2, -0.15) is 0 Å². The Morgan fingerprint density at radius 2 is 2.06 bits per heavy atom. The van der Waals surface area contributed by atoms with Gasteiger partial charge in [-0.3, -0.25) is 4.79 Å². The molecule has 1 unspecified atom stereocenters. The lowest BCUT2D eigenvalue weighted by Crippen LogP contribution is -2.28. The standard InChI is InChI=1S/C12H13Cl2NO/c13-7-9-5-6-15(8-9)12(16)10-1-3-11(14)4-2-10/h1-4,9H,5-8H2. The van der Waals surface area contributed by atoms with E-state index in [1.165, 1.54) is 0 Å². The SMILES string of the molecule is O=C(c1ccc(Cl)cc1)N1CCC(CCl)C1. The fraction of sp³-hybridized carbons (Fsp3) is 0.417. The third-order valence-corrected chi connectivity index (χ3v) is 3.57. The predicted molar refractivity (Wildman–Crippen MR) is 66.2 cm³/mol. The molecule has 1 amide bonds. The maximum Gasteiger partial charge on any atom is 0.253 e. The molecule has 0 radical (unpaired) electrons. The predicted octanol–water partition coefficient (Wildman–Crippen LogP) is 3.04. The third-order valence-electron chi connectivity index (χ3n) is 2.88. The number of halogens is 2. The molecule has 1 aromatic carbocycles. The van der Waals surface area contributed by atoms with Crippen LogP contribution >= 0.6 is 23.2 Å². The van der Waals surface area contributed by atoms with Crippen molar-refractivity contribution in [2.75, 3.05) is 19.0 Å². The maximum absolute atomic E-state index is 12.1. The molecule has 1 aliphatic rings. The molecule has 0 saturated carbocycles. The van der Waals surface area contributed by atoms with Gasteiger partial charge in [0.1, 0.15) is 0 Å². The summed E-state index contributed by atoms with van der Waals surface area (Å²) in [5.41, 5.74) is 0.694. The van der Waals surface area contributed by atoms with Gasteiger partial charge in [0.15, 0.2) is 0 Å². The van der Waals surface area contributed by atoms with Crippen LogP contribution in [0.1, 0.15) is 16.8 Å². The van der Waals surface area contributed by atoms with Gasteiger partial charge in [-0.25, -0.2) is 0 Å². The van der Waals surface area contributed by atoms with E-state index >= 15 is 0 Å². The smallest absolute Gasteiger partial charge is 0.253 e. The topological polar surface area (TPSA) is 20.3 Å². The lowest BCUT2D eigenvalue weighted by atomic mass is 10.1. The Hall–Kier alpha value is -0.730. The van der Waals surface area contributed by atoms with Gasteiger partial charge in [-0.1, -0.05) is 11.6 Å². The first kappa shape index (κ1) is 11.7. The zero-order valence-corrected chi connectivity index (χ0v) is 10.3. The first-order chi connectivity index (χ1) is 7.70. The summed E-state index contributed by atoms with van der Waals surface area (Å²) in [7, 11) is 0. The van der Waals surface area contributed by atoms with Crippen LogP contribution in [0.15, 0.2) is 24.3 Å². The monoisotopic (exact) mass is 257 g/mol. The van der Waals surface area contributed by atoms with E-state index in [4.69, 9.17) is 23.2 Å². The third kappa shape index (κ3) is 2.50. The van der Waals surface area contributed by atoms with Gasteiger partial charge in [0.2, 0.25) is 0 Å². The Bertz CT molecular complexity index is 377. The number of hydrogen-bond donors (Lipinski definition) is 0. The van der Waals surface area contributed by atoms with E-state index in [9.17, 15) is 4.79 Å². The molecule has 0 bridgehead atoms. The van der Waals surface area contributed by atoms with Crippen LogP contribution in [0, 0.1) is 5.92 Å². The summed E-state index contributed by atoms with van der Waals surface area (Å²) in [6.45, 7) is 1.57. The Kier molecular flexibility index (Phi) is 3.72. The van der Waals surface area contributed by atoms with E-state index in [1.807, 2.05) is 4.90 Å². The number of carbonyl (C=O) groups is 1. The first-order valence-corrected chi connectivity index (χ1v) is 6.23. The van der Waals surface area contributed by atoms with Gasteiger partial charge >= 0.3 is 0 Å². The van der Waals surface area contributed by atoms with E-state index in [-0.39, 0.29) is 5.91 Å². The summed E-state index contributed by atoms with van der Waals surface area (Å²) in [6.07, 6.45) is 1.00. The maximum atomic E-state index is 12.1. The lowest BCUT2D eigenvalue weighted by Gasteiger charge is -2.16. The van der Waals surface area contributed by atoms with Crippen molar-refractivity contribution in [2.45, 2.75) is 6.42 Å². The Balaban J connectivity index is 2.05. The zero-order chi connectivity index (χ0) is 11.5. The largest absolute Gasteiger partial charge is 0.338 e. The van der Waals surface area contributed by atoms with E-state index in [0.29, 0.717) is 22.4 Å². The van der Waals surface area contributed by atoms with Gasteiger partial charge in [-0.05, 0) is 36.6 Å². The molecular weight excluding hydrogens is 245 g/mol. The summed E-state index contributed by atoms with van der Waals surface area (Å²) in [4.78, 5) is 13.9. The number of likely N-dealkylation sites (tertiary alicyclic amines) is 1. The minimum Gasteiger partial charge on any atom is -0.338 e.